The molecule has 0 atom stereocenters. The summed E-state index contributed by atoms with van der Waals surface area (Å²) >= 11 is 3.39. The van der Waals surface area contributed by atoms with E-state index in [1.807, 2.05) is 24.3 Å². The Morgan fingerprint density at radius 3 is 2.42 bits per heavy atom. The van der Waals surface area contributed by atoms with Crippen molar-refractivity contribution in [3.8, 4) is 0 Å². The molecule has 7 heteroatoms. The van der Waals surface area contributed by atoms with Gasteiger partial charge in [0.05, 0.1) is 10.5 Å². The lowest BCUT2D eigenvalue weighted by Crippen LogP contribution is -2.25. The molecule has 1 N–H and O–H groups in total. The normalized spacial score (nSPS) is 14.4. The van der Waals surface area contributed by atoms with Gasteiger partial charge in [-0.25, -0.2) is 17.9 Å². The smallest absolute Gasteiger partial charge is 0.338 e. The molecule has 5 nitrogen and oxygen atoms in total. The van der Waals surface area contributed by atoms with Crippen LogP contribution in [0.3, 0.4) is 0 Å². The summed E-state index contributed by atoms with van der Waals surface area (Å²) in [4.78, 5) is 12.2. The Labute approximate surface area is 149 Å². The first-order valence-corrected chi connectivity index (χ1v) is 9.76. The van der Waals surface area contributed by atoms with E-state index in [1.165, 1.54) is 24.3 Å². The van der Waals surface area contributed by atoms with Crippen LogP contribution < -0.4 is 4.72 Å². The van der Waals surface area contributed by atoms with Crippen molar-refractivity contribution in [2.24, 2.45) is 0 Å². The van der Waals surface area contributed by atoms with Crippen LogP contribution in [0.5, 0.6) is 0 Å². The molecule has 0 heterocycles. The number of carbonyl (C=O) groups is 1. The minimum absolute atomic E-state index is 0.0453. The molecule has 126 valence electrons. The molecule has 1 saturated carbocycles. The zero-order chi connectivity index (χ0) is 17.2. The maximum Gasteiger partial charge on any atom is 0.338 e. The monoisotopic (exact) mass is 409 g/mol. The third-order valence-corrected chi connectivity index (χ3v) is 5.93. The molecule has 3 rings (SSSR count). The van der Waals surface area contributed by atoms with Gasteiger partial charge in [-0.3, -0.25) is 0 Å². The minimum atomic E-state index is -3.51. The van der Waals surface area contributed by atoms with Crippen molar-refractivity contribution in [3.63, 3.8) is 0 Å². The van der Waals surface area contributed by atoms with Crippen LogP contribution >= 0.6 is 15.9 Å². The molecule has 0 radical (unpaired) electrons. The highest BCUT2D eigenvalue weighted by Gasteiger charge is 2.28. The van der Waals surface area contributed by atoms with Gasteiger partial charge in [0.1, 0.15) is 6.61 Å². The quantitative estimate of drug-likeness (QED) is 0.743. The fraction of sp³-hybridized carbons (Fsp3) is 0.235. The number of esters is 1. The summed E-state index contributed by atoms with van der Waals surface area (Å²) in [5.74, 6) is -0.496. The first-order valence-electron chi connectivity index (χ1n) is 7.48. The lowest BCUT2D eigenvalue weighted by molar-refractivity contribution is 0.0472. The summed E-state index contributed by atoms with van der Waals surface area (Å²) in [5.41, 5.74) is 1.17. The van der Waals surface area contributed by atoms with Crippen molar-refractivity contribution < 1.29 is 17.9 Å². The first-order chi connectivity index (χ1) is 11.5. The molecule has 0 spiro atoms. The van der Waals surface area contributed by atoms with Gasteiger partial charge in [0, 0.05) is 16.1 Å². The zero-order valence-electron chi connectivity index (χ0n) is 12.7. The number of rotatable bonds is 6. The lowest BCUT2D eigenvalue weighted by Gasteiger charge is -2.08. The summed E-state index contributed by atoms with van der Waals surface area (Å²) in [5, 5.41) is 0. The minimum Gasteiger partial charge on any atom is -0.457 e. The number of benzene rings is 2. The van der Waals surface area contributed by atoms with E-state index in [4.69, 9.17) is 4.74 Å². The van der Waals surface area contributed by atoms with E-state index in [0.717, 1.165) is 22.9 Å². The topological polar surface area (TPSA) is 72.5 Å². The van der Waals surface area contributed by atoms with Crippen molar-refractivity contribution in [1.29, 1.82) is 0 Å². The number of nitrogens with one attached hydrogen (secondary N) is 1. The number of ether oxygens (including phenoxy) is 1. The molecule has 0 saturated heterocycles. The van der Waals surface area contributed by atoms with Crippen LogP contribution in [-0.4, -0.2) is 20.4 Å². The molecule has 0 aliphatic heterocycles. The fourth-order valence-corrected chi connectivity index (χ4v) is 3.81. The van der Waals surface area contributed by atoms with Gasteiger partial charge in [0.15, 0.2) is 0 Å². The number of sulfonamides is 1. The summed E-state index contributed by atoms with van der Waals surface area (Å²) in [7, 11) is -3.51. The van der Waals surface area contributed by atoms with Crippen LogP contribution in [0.4, 0.5) is 0 Å². The number of halogens is 1. The van der Waals surface area contributed by atoms with Crippen molar-refractivity contribution in [3.05, 3.63) is 64.1 Å². The largest absolute Gasteiger partial charge is 0.457 e. The van der Waals surface area contributed by atoms with Crippen LogP contribution in [0.15, 0.2) is 57.9 Å². The Balaban J connectivity index is 1.64. The SMILES string of the molecule is O=C(OCc1ccccc1Br)c1ccc(S(=O)(=O)NC2CC2)cc1. The highest BCUT2D eigenvalue weighted by molar-refractivity contribution is 9.10. The molecule has 0 amide bonds. The van der Waals surface area contributed by atoms with Gasteiger partial charge in [-0.2, -0.15) is 0 Å². The third-order valence-electron chi connectivity index (χ3n) is 3.62. The molecule has 0 aromatic heterocycles. The summed E-state index contributed by atoms with van der Waals surface area (Å²) in [6.45, 7) is 0.142. The molecule has 1 fully saturated rings. The van der Waals surface area contributed by atoms with Crippen LogP contribution in [0.25, 0.3) is 0 Å². The first kappa shape index (κ1) is 17.1. The Bertz CT molecular complexity index is 845. The summed E-state index contributed by atoms with van der Waals surface area (Å²) < 4.78 is 32.9. The summed E-state index contributed by atoms with van der Waals surface area (Å²) in [6, 6.07) is 13.3. The average molecular weight is 410 g/mol. The Kier molecular flexibility index (Phi) is 5.03. The molecule has 1 aliphatic carbocycles. The van der Waals surface area contributed by atoms with E-state index in [9.17, 15) is 13.2 Å². The Morgan fingerprint density at radius 2 is 1.79 bits per heavy atom. The van der Waals surface area contributed by atoms with Gasteiger partial charge >= 0.3 is 5.97 Å². The highest BCUT2D eigenvalue weighted by Crippen LogP contribution is 2.22. The van der Waals surface area contributed by atoms with E-state index >= 15 is 0 Å². The van der Waals surface area contributed by atoms with Crippen LogP contribution in [0, 0.1) is 0 Å². The van der Waals surface area contributed by atoms with Crippen molar-refractivity contribution in [2.45, 2.75) is 30.4 Å². The van der Waals surface area contributed by atoms with E-state index < -0.39 is 16.0 Å². The van der Waals surface area contributed by atoms with Gasteiger partial charge in [0.2, 0.25) is 10.0 Å². The Hall–Kier alpha value is -1.70. The zero-order valence-corrected chi connectivity index (χ0v) is 15.1. The van der Waals surface area contributed by atoms with Gasteiger partial charge in [-0.1, -0.05) is 34.1 Å². The van der Waals surface area contributed by atoms with E-state index in [0.29, 0.717) is 5.56 Å². The maximum absolute atomic E-state index is 12.1. The number of hydrogen-bond acceptors (Lipinski definition) is 4. The Morgan fingerprint density at radius 1 is 1.12 bits per heavy atom. The molecule has 0 unspecified atom stereocenters. The second-order valence-corrected chi connectivity index (χ2v) is 8.16. The number of carbonyl (C=O) groups excluding carboxylic acids is 1. The van der Waals surface area contributed by atoms with Gasteiger partial charge in [-0.15, -0.1) is 0 Å². The molecular formula is C17H16BrNO4S. The van der Waals surface area contributed by atoms with Gasteiger partial charge in [0.25, 0.3) is 0 Å². The van der Waals surface area contributed by atoms with Crippen LogP contribution in [0.1, 0.15) is 28.8 Å². The molecule has 2 aromatic rings. The molecular weight excluding hydrogens is 394 g/mol. The average Bonchev–Trinajstić information content (AvgIpc) is 3.37. The van der Waals surface area contributed by atoms with Crippen molar-refractivity contribution >= 4 is 31.9 Å². The fourth-order valence-electron chi connectivity index (χ4n) is 2.10. The third kappa shape index (κ3) is 4.23. The standard InChI is InChI=1S/C17H16BrNO4S/c18-16-4-2-1-3-13(16)11-23-17(20)12-5-9-15(10-6-12)24(21,22)19-14-7-8-14/h1-6,9-10,14,19H,7-8,11H2. The van der Waals surface area contributed by atoms with Gasteiger partial charge in [-0.05, 0) is 43.2 Å². The van der Waals surface area contributed by atoms with E-state index in [-0.39, 0.29) is 17.5 Å². The molecule has 1 aliphatic rings. The van der Waals surface area contributed by atoms with Gasteiger partial charge < -0.3 is 4.74 Å². The highest BCUT2D eigenvalue weighted by atomic mass is 79.9. The maximum atomic E-state index is 12.1. The summed E-state index contributed by atoms with van der Waals surface area (Å²) in [6.07, 6.45) is 1.75. The second kappa shape index (κ2) is 7.04. The predicted octanol–water partition coefficient (Wildman–Crippen LogP) is 3.25. The van der Waals surface area contributed by atoms with E-state index in [1.54, 1.807) is 0 Å². The predicted molar refractivity (Wildman–Crippen MR) is 93.0 cm³/mol. The number of hydrogen-bond donors (Lipinski definition) is 1. The second-order valence-electron chi connectivity index (χ2n) is 5.59. The molecule has 2 aromatic carbocycles. The van der Waals surface area contributed by atoms with Crippen molar-refractivity contribution in [1.82, 2.24) is 4.72 Å². The van der Waals surface area contributed by atoms with Crippen LogP contribution in [0.2, 0.25) is 0 Å². The van der Waals surface area contributed by atoms with Crippen LogP contribution in [-0.2, 0) is 21.4 Å². The molecule has 0 bridgehead atoms. The van der Waals surface area contributed by atoms with Crippen molar-refractivity contribution in [2.75, 3.05) is 0 Å². The van der Waals surface area contributed by atoms with E-state index in [2.05, 4.69) is 20.7 Å². The molecule has 24 heavy (non-hydrogen) atoms. The lowest BCUT2D eigenvalue weighted by atomic mass is 10.2.